The van der Waals surface area contributed by atoms with E-state index < -0.39 is 0 Å². The number of benzene rings is 1. The number of hydrogen-bond acceptors (Lipinski definition) is 3. The summed E-state index contributed by atoms with van der Waals surface area (Å²) in [7, 11) is 0. The van der Waals surface area contributed by atoms with Crippen LogP contribution in [0.1, 0.15) is 16.9 Å². The molecule has 0 saturated heterocycles. The van der Waals surface area contributed by atoms with Crippen molar-refractivity contribution in [1.29, 1.82) is 0 Å². The van der Waals surface area contributed by atoms with Gasteiger partial charge in [0.05, 0.1) is 10.9 Å². The third-order valence-corrected chi connectivity index (χ3v) is 4.46. The maximum atomic E-state index is 12.1. The summed E-state index contributed by atoms with van der Waals surface area (Å²) in [5.74, 6) is 0.154. The fourth-order valence-corrected chi connectivity index (χ4v) is 3.42. The lowest BCUT2D eigenvalue weighted by atomic mass is 10.0. The van der Waals surface area contributed by atoms with Crippen LogP contribution in [-0.2, 0) is 17.8 Å². The van der Waals surface area contributed by atoms with Crippen LogP contribution in [0.5, 0.6) is 0 Å². The summed E-state index contributed by atoms with van der Waals surface area (Å²) in [6.07, 6.45) is 1.30. The van der Waals surface area contributed by atoms with Gasteiger partial charge in [-0.05, 0) is 42.3 Å². The highest BCUT2D eigenvalue weighted by Gasteiger charge is 2.24. The van der Waals surface area contributed by atoms with E-state index in [1.165, 1.54) is 11.3 Å². The van der Waals surface area contributed by atoms with Gasteiger partial charge in [-0.3, -0.25) is 4.79 Å². The van der Waals surface area contributed by atoms with Gasteiger partial charge in [0.15, 0.2) is 0 Å². The van der Waals surface area contributed by atoms with Crippen LogP contribution < -0.4 is 10.6 Å². The van der Waals surface area contributed by atoms with Gasteiger partial charge in [0.2, 0.25) is 5.91 Å². The van der Waals surface area contributed by atoms with E-state index in [2.05, 4.69) is 0 Å². The van der Waals surface area contributed by atoms with Crippen LogP contribution in [0.4, 0.5) is 11.4 Å². The Balaban J connectivity index is 1.94. The SMILES string of the molecule is Nc1ccc2c(c1)CCC(=O)N2Cc1ccc(Cl)s1. The number of rotatable bonds is 2. The van der Waals surface area contributed by atoms with Gasteiger partial charge >= 0.3 is 0 Å². The summed E-state index contributed by atoms with van der Waals surface area (Å²) in [6, 6.07) is 9.55. The Morgan fingerprint density at radius 3 is 2.84 bits per heavy atom. The number of carbonyl (C=O) groups excluding carboxylic acids is 1. The number of nitrogen functional groups attached to an aromatic ring is 1. The van der Waals surface area contributed by atoms with Crippen LogP contribution in [0.3, 0.4) is 0 Å². The van der Waals surface area contributed by atoms with E-state index in [1.54, 1.807) is 0 Å². The van der Waals surface area contributed by atoms with Gasteiger partial charge in [-0.1, -0.05) is 11.6 Å². The number of aryl methyl sites for hydroxylation is 1. The van der Waals surface area contributed by atoms with E-state index in [4.69, 9.17) is 17.3 Å². The average molecular weight is 293 g/mol. The van der Waals surface area contributed by atoms with Crippen LogP contribution in [-0.4, -0.2) is 5.91 Å². The van der Waals surface area contributed by atoms with Gasteiger partial charge in [-0.2, -0.15) is 0 Å². The molecule has 0 unspecified atom stereocenters. The Kier molecular flexibility index (Phi) is 3.21. The van der Waals surface area contributed by atoms with E-state index >= 15 is 0 Å². The zero-order valence-electron chi connectivity index (χ0n) is 10.2. The molecule has 1 aliphatic rings. The number of anilines is 2. The second kappa shape index (κ2) is 4.87. The molecular formula is C14H13ClN2OS. The van der Waals surface area contributed by atoms with Crippen molar-refractivity contribution in [2.24, 2.45) is 0 Å². The lowest BCUT2D eigenvalue weighted by Gasteiger charge is -2.29. The van der Waals surface area contributed by atoms with Crippen LogP contribution in [0, 0.1) is 0 Å². The smallest absolute Gasteiger partial charge is 0.227 e. The summed E-state index contributed by atoms with van der Waals surface area (Å²) >= 11 is 7.44. The summed E-state index contributed by atoms with van der Waals surface area (Å²) in [5.41, 5.74) is 8.65. The second-order valence-electron chi connectivity index (χ2n) is 4.57. The van der Waals surface area contributed by atoms with E-state index in [0.29, 0.717) is 13.0 Å². The van der Waals surface area contributed by atoms with E-state index in [0.717, 1.165) is 32.6 Å². The standard InChI is InChI=1S/C14H13ClN2OS/c15-13-5-3-11(19-13)8-17-12-4-2-10(16)7-9(12)1-6-14(17)18/h2-5,7H,1,6,8,16H2. The molecule has 2 N–H and O–H groups in total. The fraction of sp³-hybridized carbons (Fsp3) is 0.214. The third-order valence-electron chi connectivity index (χ3n) is 3.25. The monoisotopic (exact) mass is 292 g/mol. The first kappa shape index (κ1) is 12.5. The Morgan fingerprint density at radius 2 is 2.11 bits per heavy atom. The number of nitrogens with two attached hydrogens (primary N) is 1. The van der Waals surface area contributed by atoms with Crippen molar-refractivity contribution in [3.8, 4) is 0 Å². The number of carbonyl (C=O) groups is 1. The molecular weight excluding hydrogens is 280 g/mol. The number of hydrogen-bond donors (Lipinski definition) is 1. The molecule has 0 bridgehead atoms. The highest BCUT2D eigenvalue weighted by molar-refractivity contribution is 7.16. The van der Waals surface area contributed by atoms with Crippen molar-refractivity contribution in [1.82, 2.24) is 0 Å². The van der Waals surface area contributed by atoms with Crippen LogP contribution in [0.15, 0.2) is 30.3 Å². The first-order valence-electron chi connectivity index (χ1n) is 6.06. The molecule has 2 aromatic rings. The molecule has 5 heteroatoms. The predicted molar refractivity (Wildman–Crippen MR) is 79.7 cm³/mol. The lowest BCUT2D eigenvalue weighted by molar-refractivity contribution is -0.119. The summed E-state index contributed by atoms with van der Waals surface area (Å²) < 4.78 is 0.747. The Morgan fingerprint density at radius 1 is 1.26 bits per heavy atom. The highest BCUT2D eigenvalue weighted by atomic mass is 35.5. The minimum atomic E-state index is 0.154. The topological polar surface area (TPSA) is 46.3 Å². The van der Waals surface area contributed by atoms with Gasteiger partial charge in [-0.15, -0.1) is 11.3 Å². The number of amides is 1. The minimum absolute atomic E-state index is 0.154. The molecule has 0 radical (unpaired) electrons. The summed E-state index contributed by atoms with van der Waals surface area (Å²) in [4.78, 5) is 15.0. The highest BCUT2D eigenvalue weighted by Crippen LogP contribution is 2.32. The number of thiophene rings is 1. The molecule has 1 aromatic carbocycles. The van der Waals surface area contributed by atoms with Crippen molar-refractivity contribution < 1.29 is 4.79 Å². The van der Waals surface area contributed by atoms with Crippen LogP contribution in [0.2, 0.25) is 4.34 Å². The molecule has 0 atom stereocenters. The maximum Gasteiger partial charge on any atom is 0.227 e. The maximum absolute atomic E-state index is 12.1. The van der Waals surface area contributed by atoms with Crippen molar-refractivity contribution in [2.75, 3.05) is 10.6 Å². The first-order chi connectivity index (χ1) is 9.13. The molecule has 1 aromatic heterocycles. The molecule has 3 nitrogen and oxygen atoms in total. The molecule has 0 spiro atoms. The zero-order valence-corrected chi connectivity index (χ0v) is 11.8. The predicted octanol–water partition coefficient (Wildman–Crippen LogP) is 3.46. The molecule has 3 rings (SSSR count). The van der Waals surface area contributed by atoms with Crippen LogP contribution >= 0.6 is 22.9 Å². The van der Waals surface area contributed by atoms with E-state index in [1.807, 2.05) is 35.2 Å². The van der Waals surface area contributed by atoms with Crippen molar-refractivity contribution in [3.05, 3.63) is 45.1 Å². The van der Waals surface area contributed by atoms with Gasteiger partial charge in [0.1, 0.15) is 0 Å². The molecule has 0 aliphatic carbocycles. The van der Waals surface area contributed by atoms with Gasteiger partial charge in [-0.25, -0.2) is 0 Å². The first-order valence-corrected chi connectivity index (χ1v) is 7.26. The van der Waals surface area contributed by atoms with Gasteiger partial charge < -0.3 is 10.6 Å². The second-order valence-corrected chi connectivity index (χ2v) is 6.37. The molecule has 0 fully saturated rings. The lowest BCUT2D eigenvalue weighted by Crippen LogP contribution is -2.34. The number of halogens is 1. The number of fused-ring (bicyclic) bond motifs is 1. The van der Waals surface area contributed by atoms with E-state index in [9.17, 15) is 4.79 Å². The average Bonchev–Trinajstić information content (AvgIpc) is 2.78. The molecule has 19 heavy (non-hydrogen) atoms. The zero-order chi connectivity index (χ0) is 13.4. The van der Waals surface area contributed by atoms with E-state index in [-0.39, 0.29) is 5.91 Å². The van der Waals surface area contributed by atoms with Crippen LogP contribution in [0.25, 0.3) is 0 Å². The van der Waals surface area contributed by atoms with Gasteiger partial charge in [0, 0.05) is 22.7 Å². The Bertz CT molecular complexity index is 638. The van der Waals surface area contributed by atoms with Gasteiger partial charge in [0.25, 0.3) is 0 Å². The quantitative estimate of drug-likeness (QED) is 0.862. The fourth-order valence-electron chi connectivity index (χ4n) is 2.35. The Hall–Kier alpha value is -1.52. The largest absolute Gasteiger partial charge is 0.399 e. The summed E-state index contributed by atoms with van der Waals surface area (Å²) in [6.45, 7) is 0.577. The minimum Gasteiger partial charge on any atom is -0.399 e. The molecule has 98 valence electrons. The van der Waals surface area contributed by atoms with Crippen molar-refractivity contribution in [3.63, 3.8) is 0 Å². The normalized spacial score (nSPS) is 14.6. The molecule has 0 saturated carbocycles. The van der Waals surface area contributed by atoms with Crippen molar-refractivity contribution in [2.45, 2.75) is 19.4 Å². The molecule has 1 aliphatic heterocycles. The molecule has 1 amide bonds. The third kappa shape index (κ3) is 2.46. The number of nitrogens with zero attached hydrogens (tertiary/aromatic N) is 1. The Labute approximate surface area is 120 Å². The summed E-state index contributed by atoms with van der Waals surface area (Å²) in [5, 5.41) is 0. The molecule has 2 heterocycles. The van der Waals surface area contributed by atoms with Crippen molar-refractivity contribution >= 4 is 40.2 Å².